The van der Waals surface area contributed by atoms with E-state index in [1.165, 1.54) is 11.1 Å². The van der Waals surface area contributed by atoms with E-state index in [9.17, 15) is 0 Å². The average Bonchev–Trinajstić information content (AvgIpc) is 3.11. The van der Waals surface area contributed by atoms with Gasteiger partial charge in [-0.2, -0.15) is 0 Å². The molecule has 21 heavy (non-hydrogen) atoms. The lowest BCUT2D eigenvalue weighted by Gasteiger charge is -2.15. The van der Waals surface area contributed by atoms with Crippen LogP contribution in [-0.2, 0) is 13.0 Å². The normalized spacial score (nSPS) is 17.2. The van der Waals surface area contributed by atoms with Crippen LogP contribution < -0.4 is 10.1 Å². The minimum Gasteiger partial charge on any atom is -0.487 e. The van der Waals surface area contributed by atoms with Crippen LogP contribution in [0, 0.1) is 0 Å². The molecule has 1 aliphatic rings. The molecule has 4 nitrogen and oxygen atoms in total. The molecule has 4 heteroatoms. The van der Waals surface area contributed by atoms with Crippen LogP contribution in [0.1, 0.15) is 49.2 Å². The number of aromatic nitrogens is 2. The minimum absolute atomic E-state index is 0.404. The topological polar surface area (TPSA) is 39.1 Å². The molecule has 1 N–H and O–H groups in total. The molecule has 0 radical (unpaired) electrons. The Labute approximate surface area is 126 Å². The van der Waals surface area contributed by atoms with Crippen molar-refractivity contribution in [2.75, 3.05) is 7.05 Å². The Hall–Kier alpha value is -1.81. The molecule has 112 valence electrons. The molecule has 1 heterocycles. The second-order valence-electron chi connectivity index (χ2n) is 5.88. The van der Waals surface area contributed by atoms with Crippen molar-refractivity contribution in [3.8, 4) is 5.75 Å². The Kier molecular flexibility index (Phi) is 3.97. The van der Waals surface area contributed by atoms with Crippen LogP contribution in [0.3, 0.4) is 0 Å². The van der Waals surface area contributed by atoms with Gasteiger partial charge in [-0.25, -0.2) is 4.98 Å². The monoisotopic (exact) mass is 285 g/mol. The molecule has 1 aliphatic carbocycles. The van der Waals surface area contributed by atoms with Crippen molar-refractivity contribution >= 4 is 0 Å². The lowest BCUT2D eigenvalue weighted by molar-refractivity contribution is 0.289. The molecule has 0 saturated heterocycles. The average molecular weight is 285 g/mol. The fourth-order valence-corrected chi connectivity index (χ4v) is 3.12. The summed E-state index contributed by atoms with van der Waals surface area (Å²) in [5.74, 6) is 1.02. The van der Waals surface area contributed by atoms with Gasteiger partial charge in [-0.1, -0.05) is 12.1 Å². The van der Waals surface area contributed by atoms with Crippen molar-refractivity contribution in [3.63, 3.8) is 0 Å². The standard InChI is InChI=1S/C17H23N3O/c1-12(2)20-11-19-9-13(20)10-21-17-6-4-5-14-15(17)7-8-16(14)18-3/h4-6,9,11-12,16,18H,7-8,10H2,1-3H3. The summed E-state index contributed by atoms with van der Waals surface area (Å²) in [5, 5.41) is 3.37. The summed E-state index contributed by atoms with van der Waals surface area (Å²) >= 11 is 0. The van der Waals surface area contributed by atoms with Crippen LogP contribution in [0.25, 0.3) is 0 Å². The van der Waals surface area contributed by atoms with E-state index >= 15 is 0 Å². The van der Waals surface area contributed by atoms with Gasteiger partial charge in [0, 0.05) is 12.1 Å². The summed E-state index contributed by atoms with van der Waals surface area (Å²) in [4.78, 5) is 4.23. The van der Waals surface area contributed by atoms with Crippen molar-refractivity contribution < 1.29 is 4.74 Å². The number of nitrogens with one attached hydrogen (secondary N) is 1. The van der Waals surface area contributed by atoms with E-state index in [1.807, 2.05) is 19.6 Å². The molecular formula is C17H23N3O. The van der Waals surface area contributed by atoms with E-state index in [0.29, 0.717) is 18.7 Å². The first-order chi connectivity index (χ1) is 10.2. The van der Waals surface area contributed by atoms with Crippen molar-refractivity contribution in [1.82, 2.24) is 14.9 Å². The molecule has 1 aromatic carbocycles. The first kappa shape index (κ1) is 14.1. The second kappa shape index (κ2) is 5.90. The van der Waals surface area contributed by atoms with Crippen LogP contribution >= 0.6 is 0 Å². The first-order valence-corrected chi connectivity index (χ1v) is 7.63. The molecule has 2 aromatic rings. The highest BCUT2D eigenvalue weighted by Gasteiger charge is 2.23. The highest BCUT2D eigenvalue weighted by atomic mass is 16.5. The van der Waals surface area contributed by atoms with Gasteiger partial charge in [0.05, 0.1) is 18.2 Å². The zero-order valence-corrected chi connectivity index (χ0v) is 13.0. The summed E-state index contributed by atoms with van der Waals surface area (Å²) in [6.07, 6.45) is 5.99. The highest BCUT2D eigenvalue weighted by Crippen LogP contribution is 2.36. The first-order valence-electron chi connectivity index (χ1n) is 7.63. The van der Waals surface area contributed by atoms with Crippen LogP contribution in [0.4, 0.5) is 0 Å². The number of hydrogen-bond acceptors (Lipinski definition) is 3. The molecule has 1 aromatic heterocycles. The molecule has 0 amide bonds. The summed E-state index contributed by atoms with van der Waals surface area (Å²) in [6.45, 7) is 4.88. The Morgan fingerprint density at radius 1 is 1.43 bits per heavy atom. The van der Waals surface area contributed by atoms with E-state index in [-0.39, 0.29) is 0 Å². The lowest BCUT2D eigenvalue weighted by Crippen LogP contribution is -2.12. The van der Waals surface area contributed by atoms with Gasteiger partial charge in [-0.3, -0.25) is 0 Å². The molecule has 1 atom stereocenters. The fourth-order valence-electron chi connectivity index (χ4n) is 3.12. The maximum Gasteiger partial charge on any atom is 0.130 e. The van der Waals surface area contributed by atoms with Gasteiger partial charge in [0.15, 0.2) is 0 Å². The summed E-state index contributed by atoms with van der Waals surface area (Å²) in [5.41, 5.74) is 3.85. The number of benzene rings is 1. The molecular weight excluding hydrogens is 262 g/mol. The van der Waals surface area contributed by atoms with E-state index in [0.717, 1.165) is 24.3 Å². The molecule has 0 saturated carbocycles. The molecule has 1 unspecified atom stereocenters. The molecule has 3 rings (SSSR count). The third-order valence-corrected chi connectivity index (χ3v) is 4.25. The Morgan fingerprint density at radius 3 is 3.05 bits per heavy atom. The van der Waals surface area contributed by atoms with Crippen LogP contribution in [0.5, 0.6) is 5.75 Å². The van der Waals surface area contributed by atoms with Gasteiger partial charge >= 0.3 is 0 Å². The largest absolute Gasteiger partial charge is 0.487 e. The number of rotatable bonds is 5. The number of fused-ring (bicyclic) bond motifs is 1. The second-order valence-corrected chi connectivity index (χ2v) is 5.88. The fraction of sp³-hybridized carbons (Fsp3) is 0.471. The van der Waals surface area contributed by atoms with Crippen LogP contribution in [0.2, 0.25) is 0 Å². The summed E-state index contributed by atoms with van der Waals surface area (Å²) < 4.78 is 8.24. The van der Waals surface area contributed by atoms with Gasteiger partial charge in [0.1, 0.15) is 12.4 Å². The van der Waals surface area contributed by atoms with Crippen LogP contribution in [-0.4, -0.2) is 16.6 Å². The predicted molar refractivity (Wildman–Crippen MR) is 83.5 cm³/mol. The van der Waals surface area contributed by atoms with Gasteiger partial charge in [0.25, 0.3) is 0 Å². The van der Waals surface area contributed by atoms with Crippen LogP contribution in [0.15, 0.2) is 30.7 Å². The van der Waals surface area contributed by atoms with Gasteiger partial charge < -0.3 is 14.6 Å². The number of hydrogen-bond donors (Lipinski definition) is 1. The van der Waals surface area contributed by atoms with E-state index in [4.69, 9.17) is 4.74 Å². The van der Waals surface area contributed by atoms with Gasteiger partial charge in [-0.15, -0.1) is 0 Å². The predicted octanol–water partition coefficient (Wildman–Crippen LogP) is 3.25. The Bertz CT molecular complexity index is 618. The zero-order valence-electron chi connectivity index (χ0n) is 13.0. The SMILES string of the molecule is CNC1CCc2c(OCc3cncn3C(C)C)cccc21. The lowest BCUT2D eigenvalue weighted by atomic mass is 10.1. The summed E-state index contributed by atoms with van der Waals surface area (Å²) in [7, 11) is 2.02. The highest BCUT2D eigenvalue weighted by molar-refractivity contribution is 5.45. The molecule has 0 bridgehead atoms. The number of ether oxygens (including phenoxy) is 1. The van der Waals surface area contributed by atoms with E-state index in [1.54, 1.807) is 0 Å². The smallest absolute Gasteiger partial charge is 0.130 e. The molecule has 0 spiro atoms. The van der Waals surface area contributed by atoms with Crippen molar-refractivity contribution in [1.29, 1.82) is 0 Å². The van der Waals surface area contributed by atoms with Gasteiger partial charge in [-0.05, 0) is 50.9 Å². The van der Waals surface area contributed by atoms with E-state index < -0.39 is 0 Å². The van der Waals surface area contributed by atoms with Crippen molar-refractivity contribution in [3.05, 3.63) is 47.5 Å². The Morgan fingerprint density at radius 2 is 2.29 bits per heavy atom. The summed E-state index contributed by atoms with van der Waals surface area (Å²) in [6, 6.07) is 7.23. The number of imidazole rings is 1. The van der Waals surface area contributed by atoms with E-state index in [2.05, 4.69) is 46.9 Å². The maximum absolute atomic E-state index is 6.09. The number of nitrogens with zero attached hydrogens (tertiary/aromatic N) is 2. The molecule has 0 fully saturated rings. The maximum atomic E-state index is 6.09. The third kappa shape index (κ3) is 2.68. The molecule has 0 aliphatic heterocycles. The van der Waals surface area contributed by atoms with Crippen molar-refractivity contribution in [2.24, 2.45) is 0 Å². The minimum atomic E-state index is 0.404. The zero-order chi connectivity index (χ0) is 14.8. The van der Waals surface area contributed by atoms with Crippen molar-refractivity contribution in [2.45, 2.75) is 45.4 Å². The third-order valence-electron chi connectivity index (χ3n) is 4.25. The quantitative estimate of drug-likeness (QED) is 0.916. The Balaban J connectivity index is 1.78. The van der Waals surface area contributed by atoms with Gasteiger partial charge in [0.2, 0.25) is 0 Å².